The summed E-state index contributed by atoms with van der Waals surface area (Å²) < 4.78 is 45.2. The van der Waals surface area contributed by atoms with Crippen LogP contribution >= 0.6 is 23.2 Å². The van der Waals surface area contributed by atoms with Gasteiger partial charge in [-0.3, -0.25) is 24.2 Å². The zero-order valence-corrected chi connectivity index (χ0v) is 28.9. The number of ether oxygens (including phenoxy) is 1. The van der Waals surface area contributed by atoms with Crippen LogP contribution in [-0.4, -0.2) is 113 Å². The Morgan fingerprint density at radius 2 is 1.72 bits per heavy atom. The first-order valence-electron chi connectivity index (χ1n) is 16.9. The summed E-state index contributed by atoms with van der Waals surface area (Å²) in [5.74, 6) is -1.73. The summed E-state index contributed by atoms with van der Waals surface area (Å²) in [5, 5.41) is 13.4. The van der Waals surface area contributed by atoms with E-state index in [2.05, 4.69) is 15.2 Å². The lowest BCUT2D eigenvalue weighted by Crippen LogP contribution is -2.52. The topological polar surface area (TPSA) is 118 Å². The van der Waals surface area contributed by atoms with Gasteiger partial charge in [0.25, 0.3) is 5.91 Å². The van der Waals surface area contributed by atoms with E-state index in [-0.39, 0.29) is 72.1 Å². The molecule has 3 aromatic rings. The summed E-state index contributed by atoms with van der Waals surface area (Å²) in [5.41, 5.74) is 2.05. The Morgan fingerprint density at radius 1 is 1.00 bits per heavy atom. The number of carboxylic acids is 1. The highest BCUT2D eigenvalue weighted by molar-refractivity contribution is 6.36. The molecule has 3 aliphatic rings. The van der Waals surface area contributed by atoms with E-state index in [1.54, 1.807) is 17.2 Å². The highest BCUT2D eigenvalue weighted by atomic mass is 35.5. The Labute approximate surface area is 297 Å². The number of rotatable bonds is 10. The molecule has 6 rings (SSSR count). The quantitative estimate of drug-likeness (QED) is 0.231. The standard InChI is InChI=1S/C35H40Cl2F3N5O5/c36-28-16-31(42-33(47)27-17-41-30-4-2-1-3-26(27)30)29(37)13-22(28)14-32(46)45-18-23(44-11-9-43(10-12-44)20-35(38,39)40)15-24(45)19-50-25-7-5-21(6-8-25)34(48)49/h1-4,13,16-17,21,23-25,41H,5-12,14-15,18-20H2,(H,42,47)(H,48,49)/t21?,23-,24-,25?/m0/s1. The molecule has 1 aliphatic carbocycles. The van der Waals surface area contributed by atoms with Gasteiger partial charge in [0.1, 0.15) is 0 Å². The van der Waals surface area contributed by atoms with E-state index >= 15 is 0 Å². The second-order valence-corrected chi connectivity index (χ2v) is 14.3. The molecule has 270 valence electrons. The number of piperazine rings is 1. The van der Waals surface area contributed by atoms with Crippen molar-refractivity contribution in [3.05, 3.63) is 63.8 Å². The average Bonchev–Trinajstić information content (AvgIpc) is 3.71. The summed E-state index contributed by atoms with van der Waals surface area (Å²) in [7, 11) is 0. The SMILES string of the molecule is O=C(Nc1cc(Cl)c(CC(=O)N2C[C@@H](N3CCN(CC(F)(F)F)CC3)C[C@H]2COC2CCC(C(=O)O)CC2)cc1Cl)c1c[nH]c2ccccc12. The van der Waals surface area contributed by atoms with Crippen LogP contribution in [0, 0.1) is 5.92 Å². The number of aromatic nitrogens is 1. The number of aromatic amines is 1. The number of benzene rings is 2. The van der Waals surface area contributed by atoms with E-state index < -0.39 is 18.7 Å². The van der Waals surface area contributed by atoms with Crippen molar-refractivity contribution >= 4 is 57.6 Å². The zero-order chi connectivity index (χ0) is 35.6. The third kappa shape index (κ3) is 8.74. The fourth-order valence-corrected chi connectivity index (χ4v) is 7.88. The largest absolute Gasteiger partial charge is 0.481 e. The molecule has 0 bridgehead atoms. The van der Waals surface area contributed by atoms with Gasteiger partial charge in [-0.1, -0.05) is 41.4 Å². The van der Waals surface area contributed by atoms with Crippen molar-refractivity contribution in [3.63, 3.8) is 0 Å². The van der Waals surface area contributed by atoms with Crippen molar-refractivity contribution in [1.29, 1.82) is 0 Å². The molecule has 2 aliphatic heterocycles. The number of alkyl halides is 3. The predicted molar refractivity (Wildman–Crippen MR) is 184 cm³/mol. The van der Waals surface area contributed by atoms with E-state index in [0.717, 1.165) is 10.9 Å². The third-order valence-electron chi connectivity index (χ3n) is 10.1. The lowest BCUT2D eigenvalue weighted by atomic mass is 9.87. The first kappa shape index (κ1) is 36.4. The Balaban J connectivity index is 1.12. The van der Waals surface area contributed by atoms with Crippen LogP contribution in [0.1, 0.15) is 48.0 Å². The molecule has 2 atom stereocenters. The minimum Gasteiger partial charge on any atom is -0.481 e. The van der Waals surface area contributed by atoms with Crippen molar-refractivity contribution in [2.75, 3.05) is 51.2 Å². The fraction of sp³-hybridized carbons (Fsp3) is 0.514. The number of fused-ring (bicyclic) bond motifs is 1. The number of aliphatic carboxylic acids is 1. The van der Waals surface area contributed by atoms with Crippen LogP contribution in [0.3, 0.4) is 0 Å². The van der Waals surface area contributed by atoms with E-state index in [1.807, 2.05) is 24.3 Å². The molecule has 3 heterocycles. The van der Waals surface area contributed by atoms with Gasteiger partial charge < -0.3 is 25.0 Å². The number of nitrogens with one attached hydrogen (secondary N) is 2. The van der Waals surface area contributed by atoms with Gasteiger partial charge in [-0.05, 0) is 55.9 Å². The number of carbonyl (C=O) groups excluding carboxylic acids is 2. The maximum absolute atomic E-state index is 13.9. The fourth-order valence-electron chi connectivity index (χ4n) is 7.42. The van der Waals surface area contributed by atoms with Crippen LogP contribution in [0.15, 0.2) is 42.6 Å². The molecular weight excluding hydrogens is 698 g/mol. The highest BCUT2D eigenvalue weighted by Gasteiger charge is 2.41. The van der Waals surface area contributed by atoms with Crippen molar-refractivity contribution < 1.29 is 37.4 Å². The number of halogens is 5. The summed E-state index contributed by atoms with van der Waals surface area (Å²) in [6.45, 7) is 1.22. The van der Waals surface area contributed by atoms with Gasteiger partial charge in [-0.25, -0.2) is 0 Å². The van der Waals surface area contributed by atoms with E-state index in [4.69, 9.17) is 27.9 Å². The van der Waals surface area contributed by atoms with Crippen molar-refractivity contribution in [2.45, 2.75) is 62.9 Å². The smallest absolute Gasteiger partial charge is 0.401 e. The lowest BCUT2D eigenvalue weighted by molar-refractivity contribution is -0.150. The van der Waals surface area contributed by atoms with Crippen LogP contribution < -0.4 is 5.32 Å². The number of hydrogen-bond acceptors (Lipinski definition) is 6. The molecule has 1 saturated carbocycles. The minimum absolute atomic E-state index is 0.0514. The molecule has 3 fully saturated rings. The van der Waals surface area contributed by atoms with Crippen LogP contribution in [0.5, 0.6) is 0 Å². The third-order valence-corrected chi connectivity index (χ3v) is 10.8. The van der Waals surface area contributed by atoms with Crippen molar-refractivity contribution in [2.24, 2.45) is 5.92 Å². The number of H-pyrrole nitrogens is 1. The number of para-hydroxylation sites is 1. The monoisotopic (exact) mass is 737 g/mol. The molecule has 0 radical (unpaired) electrons. The maximum atomic E-state index is 13.9. The Hall–Kier alpha value is -3.36. The summed E-state index contributed by atoms with van der Waals surface area (Å²) in [6, 6.07) is 10.2. The number of amides is 2. The van der Waals surface area contributed by atoms with E-state index in [0.29, 0.717) is 68.6 Å². The Bertz CT molecular complexity index is 1710. The molecule has 1 aromatic heterocycles. The van der Waals surface area contributed by atoms with Gasteiger partial charge >= 0.3 is 12.1 Å². The zero-order valence-electron chi connectivity index (χ0n) is 27.4. The molecule has 2 saturated heterocycles. The number of carbonyl (C=O) groups is 3. The second-order valence-electron chi connectivity index (χ2n) is 13.5. The number of hydrogen-bond donors (Lipinski definition) is 3. The molecule has 15 heteroatoms. The molecule has 0 unspecified atom stereocenters. The highest BCUT2D eigenvalue weighted by Crippen LogP contribution is 2.33. The maximum Gasteiger partial charge on any atom is 0.401 e. The Kier molecular flexibility index (Phi) is 11.3. The van der Waals surface area contributed by atoms with Gasteiger partial charge in [0.05, 0.1) is 53.9 Å². The Morgan fingerprint density at radius 3 is 2.42 bits per heavy atom. The lowest BCUT2D eigenvalue weighted by Gasteiger charge is -2.38. The molecular formula is C35H40Cl2F3N5O5. The molecule has 2 aromatic carbocycles. The number of carboxylic acid groups (broad SMARTS) is 1. The molecule has 3 N–H and O–H groups in total. The normalized spacial score (nSPS) is 23.7. The molecule has 0 spiro atoms. The van der Waals surface area contributed by atoms with Gasteiger partial charge in [0, 0.05) is 60.9 Å². The summed E-state index contributed by atoms with van der Waals surface area (Å²) in [4.78, 5) is 46.8. The second kappa shape index (κ2) is 15.5. The summed E-state index contributed by atoms with van der Waals surface area (Å²) >= 11 is 13.2. The number of anilines is 1. The molecule has 50 heavy (non-hydrogen) atoms. The molecule has 2 amide bonds. The van der Waals surface area contributed by atoms with Crippen LogP contribution in [0.25, 0.3) is 10.9 Å². The van der Waals surface area contributed by atoms with Gasteiger partial charge in [-0.2, -0.15) is 13.2 Å². The first-order valence-corrected chi connectivity index (χ1v) is 17.6. The number of likely N-dealkylation sites (tertiary alicyclic amines) is 1. The van der Waals surface area contributed by atoms with Gasteiger partial charge in [-0.15, -0.1) is 0 Å². The molecule has 10 nitrogen and oxygen atoms in total. The van der Waals surface area contributed by atoms with Gasteiger partial charge in [0.15, 0.2) is 0 Å². The predicted octanol–water partition coefficient (Wildman–Crippen LogP) is 6.08. The van der Waals surface area contributed by atoms with Crippen LogP contribution in [0.4, 0.5) is 18.9 Å². The number of nitrogens with zero attached hydrogens (tertiary/aromatic N) is 3. The van der Waals surface area contributed by atoms with Crippen LogP contribution in [0.2, 0.25) is 10.0 Å². The van der Waals surface area contributed by atoms with Crippen LogP contribution in [-0.2, 0) is 20.7 Å². The average molecular weight is 739 g/mol. The van der Waals surface area contributed by atoms with Crippen molar-refractivity contribution in [3.8, 4) is 0 Å². The van der Waals surface area contributed by atoms with E-state index in [9.17, 15) is 32.7 Å². The summed E-state index contributed by atoms with van der Waals surface area (Å²) in [6.07, 6.45) is 0.132. The van der Waals surface area contributed by atoms with E-state index in [1.165, 1.54) is 11.0 Å². The van der Waals surface area contributed by atoms with Crippen molar-refractivity contribution in [1.82, 2.24) is 19.7 Å². The minimum atomic E-state index is -4.25. The van der Waals surface area contributed by atoms with Gasteiger partial charge in [0.2, 0.25) is 5.91 Å². The first-order chi connectivity index (χ1) is 23.8.